The van der Waals surface area contributed by atoms with Crippen molar-refractivity contribution in [3.63, 3.8) is 0 Å². The lowest BCUT2D eigenvalue weighted by Gasteiger charge is -2.26. The number of benzene rings is 3. The summed E-state index contributed by atoms with van der Waals surface area (Å²) in [6.45, 7) is -0.757. The molecular formula is C23H20Cl3FN2O3S. The third-order valence-electron chi connectivity index (χ3n) is 4.95. The summed E-state index contributed by atoms with van der Waals surface area (Å²) in [4.78, 5) is 14.2. The van der Waals surface area contributed by atoms with Gasteiger partial charge in [-0.2, -0.15) is 4.31 Å². The average molecular weight is 530 g/mol. The van der Waals surface area contributed by atoms with Gasteiger partial charge in [0.2, 0.25) is 15.9 Å². The Balaban J connectivity index is 1.91. The minimum atomic E-state index is -4.12. The summed E-state index contributed by atoms with van der Waals surface area (Å²) in [6, 6.07) is 16.5. The van der Waals surface area contributed by atoms with Gasteiger partial charge in [0.25, 0.3) is 0 Å². The van der Waals surface area contributed by atoms with Crippen molar-refractivity contribution >= 4 is 50.7 Å². The fourth-order valence-electron chi connectivity index (χ4n) is 3.08. The molecule has 0 N–H and O–H groups in total. The molecule has 0 saturated heterocycles. The monoisotopic (exact) mass is 528 g/mol. The normalized spacial score (nSPS) is 11.6. The zero-order chi connectivity index (χ0) is 24.2. The number of nitrogens with zero attached hydrogens (tertiary/aromatic N) is 2. The van der Waals surface area contributed by atoms with Gasteiger partial charge in [0.15, 0.2) is 0 Å². The first-order chi connectivity index (χ1) is 15.6. The molecule has 0 saturated carbocycles. The van der Waals surface area contributed by atoms with E-state index in [1.54, 1.807) is 36.4 Å². The Hall–Kier alpha value is -2.16. The molecule has 0 fully saturated rings. The van der Waals surface area contributed by atoms with E-state index in [-0.39, 0.29) is 28.0 Å². The molecule has 1 amide bonds. The zero-order valence-corrected chi connectivity index (χ0v) is 20.6. The SMILES string of the molecule is CN(Cc1ccccc1F)C(=O)CN(Cc1c(Cl)cccc1Cl)S(=O)(=O)c1ccc(Cl)cc1. The number of hydrogen-bond acceptors (Lipinski definition) is 3. The van der Waals surface area contributed by atoms with Crippen molar-refractivity contribution in [2.75, 3.05) is 13.6 Å². The molecule has 0 atom stereocenters. The number of carbonyl (C=O) groups excluding carboxylic acids is 1. The van der Waals surface area contributed by atoms with Gasteiger partial charge in [-0.15, -0.1) is 0 Å². The molecule has 0 bridgehead atoms. The Morgan fingerprint density at radius 3 is 2.09 bits per heavy atom. The predicted octanol–water partition coefficient (Wildman–Crippen LogP) is 5.64. The molecule has 0 aliphatic rings. The first kappa shape index (κ1) is 25.5. The standard InChI is InChI=1S/C23H20Cl3FN2O3S/c1-28(13-16-5-2-3-8-22(16)27)23(30)15-29(14-19-20(25)6-4-7-21(19)26)33(31,32)18-11-9-17(24)10-12-18/h2-12H,13-15H2,1H3. The van der Waals surface area contributed by atoms with Crippen molar-refractivity contribution in [1.82, 2.24) is 9.21 Å². The van der Waals surface area contributed by atoms with Crippen LogP contribution in [0.1, 0.15) is 11.1 Å². The van der Waals surface area contributed by atoms with Gasteiger partial charge >= 0.3 is 0 Å². The van der Waals surface area contributed by atoms with Crippen LogP contribution in [0.15, 0.2) is 71.6 Å². The van der Waals surface area contributed by atoms with Gasteiger partial charge in [0, 0.05) is 46.3 Å². The van der Waals surface area contributed by atoms with Crippen LogP contribution in [-0.2, 0) is 27.9 Å². The van der Waals surface area contributed by atoms with Gasteiger partial charge in [-0.3, -0.25) is 4.79 Å². The van der Waals surface area contributed by atoms with Crippen molar-refractivity contribution in [3.8, 4) is 0 Å². The number of rotatable bonds is 8. The summed E-state index contributed by atoms with van der Waals surface area (Å²) in [5.74, 6) is -0.982. The molecule has 3 rings (SSSR count). The average Bonchev–Trinajstić information content (AvgIpc) is 2.77. The molecular weight excluding hydrogens is 510 g/mol. The van der Waals surface area contributed by atoms with Crippen LogP contribution in [0.5, 0.6) is 0 Å². The maximum Gasteiger partial charge on any atom is 0.243 e. The summed E-state index contributed by atoms with van der Waals surface area (Å²) < 4.78 is 41.8. The van der Waals surface area contributed by atoms with E-state index in [1.807, 2.05) is 0 Å². The lowest BCUT2D eigenvalue weighted by Crippen LogP contribution is -2.41. The summed E-state index contributed by atoms with van der Waals surface area (Å²) in [5.41, 5.74) is 0.678. The van der Waals surface area contributed by atoms with Gasteiger partial charge in [0.1, 0.15) is 5.82 Å². The summed E-state index contributed by atoms with van der Waals surface area (Å²) >= 11 is 18.4. The quantitative estimate of drug-likeness (QED) is 0.380. The number of hydrogen-bond donors (Lipinski definition) is 0. The van der Waals surface area contributed by atoms with Crippen LogP contribution in [0, 0.1) is 5.82 Å². The van der Waals surface area contributed by atoms with Crippen LogP contribution in [0.3, 0.4) is 0 Å². The second-order valence-corrected chi connectivity index (χ2v) is 10.5. The van der Waals surface area contributed by atoms with E-state index in [1.165, 1.54) is 42.3 Å². The van der Waals surface area contributed by atoms with Crippen molar-refractivity contribution < 1.29 is 17.6 Å². The molecule has 3 aromatic carbocycles. The van der Waals surface area contributed by atoms with Gasteiger partial charge in [-0.1, -0.05) is 59.1 Å². The lowest BCUT2D eigenvalue weighted by atomic mass is 10.2. The largest absolute Gasteiger partial charge is 0.340 e. The maximum absolute atomic E-state index is 14.0. The van der Waals surface area contributed by atoms with E-state index >= 15 is 0 Å². The van der Waals surface area contributed by atoms with Crippen LogP contribution in [0.2, 0.25) is 15.1 Å². The smallest absolute Gasteiger partial charge is 0.243 e. The number of halogens is 4. The number of amides is 1. The van der Waals surface area contributed by atoms with Crippen LogP contribution in [0.25, 0.3) is 0 Å². The highest BCUT2D eigenvalue weighted by Gasteiger charge is 2.29. The van der Waals surface area contributed by atoms with Crippen molar-refractivity contribution in [2.24, 2.45) is 0 Å². The summed E-state index contributed by atoms with van der Waals surface area (Å²) in [6.07, 6.45) is 0. The molecule has 174 valence electrons. The third-order valence-corrected chi connectivity index (χ3v) is 7.72. The lowest BCUT2D eigenvalue weighted by molar-refractivity contribution is -0.130. The Morgan fingerprint density at radius 2 is 1.48 bits per heavy atom. The molecule has 0 aliphatic heterocycles. The number of sulfonamides is 1. The minimum absolute atomic E-state index is 0.0206. The highest BCUT2D eigenvalue weighted by Crippen LogP contribution is 2.28. The molecule has 33 heavy (non-hydrogen) atoms. The van der Waals surface area contributed by atoms with Crippen LogP contribution in [-0.4, -0.2) is 37.1 Å². The highest BCUT2D eigenvalue weighted by atomic mass is 35.5. The van der Waals surface area contributed by atoms with E-state index in [0.717, 1.165) is 4.31 Å². The first-order valence-corrected chi connectivity index (χ1v) is 12.3. The van der Waals surface area contributed by atoms with Crippen LogP contribution >= 0.6 is 34.8 Å². The second-order valence-electron chi connectivity index (χ2n) is 7.27. The summed E-state index contributed by atoms with van der Waals surface area (Å²) in [7, 11) is -2.65. The Morgan fingerprint density at radius 1 is 0.879 bits per heavy atom. The van der Waals surface area contributed by atoms with Crippen LogP contribution < -0.4 is 0 Å². The van der Waals surface area contributed by atoms with E-state index in [0.29, 0.717) is 16.1 Å². The Labute approximate surface area is 207 Å². The molecule has 0 spiro atoms. The first-order valence-electron chi connectivity index (χ1n) is 9.75. The van der Waals surface area contributed by atoms with Gasteiger partial charge < -0.3 is 4.90 Å². The molecule has 0 radical (unpaired) electrons. The highest BCUT2D eigenvalue weighted by molar-refractivity contribution is 7.89. The Bertz CT molecular complexity index is 1230. The van der Waals surface area contributed by atoms with E-state index in [4.69, 9.17) is 34.8 Å². The summed E-state index contributed by atoms with van der Waals surface area (Å²) in [5, 5.41) is 0.910. The maximum atomic E-state index is 14.0. The molecule has 0 aromatic heterocycles. The molecule has 0 unspecified atom stereocenters. The minimum Gasteiger partial charge on any atom is -0.340 e. The Kier molecular flexibility index (Phi) is 8.37. The van der Waals surface area contributed by atoms with Crippen LogP contribution in [0.4, 0.5) is 4.39 Å². The zero-order valence-electron chi connectivity index (χ0n) is 17.5. The fourth-order valence-corrected chi connectivity index (χ4v) is 5.08. The van der Waals surface area contributed by atoms with Gasteiger partial charge in [-0.25, -0.2) is 12.8 Å². The fraction of sp³-hybridized carbons (Fsp3) is 0.174. The molecule has 5 nitrogen and oxygen atoms in total. The van der Waals surface area contributed by atoms with E-state index < -0.39 is 28.3 Å². The van der Waals surface area contributed by atoms with Crippen molar-refractivity contribution in [3.05, 3.63) is 98.7 Å². The molecule has 10 heteroatoms. The molecule has 0 aliphatic carbocycles. The number of carbonyl (C=O) groups is 1. The molecule has 3 aromatic rings. The van der Waals surface area contributed by atoms with E-state index in [9.17, 15) is 17.6 Å². The topological polar surface area (TPSA) is 57.7 Å². The number of likely N-dealkylation sites (N-methyl/N-ethyl adjacent to an activating group) is 1. The third kappa shape index (κ3) is 6.25. The van der Waals surface area contributed by atoms with Crippen molar-refractivity contribution in [2.45, 2.75) is 18.0 Å². The van der Waals surface area contributed by atoms with Crippen molar-refractivity contribution in [1.29, 1.82) is 0 Å². The predicted molar refractivity (Wildman–Crippen MR) is 128 cm³/mol. The molecule has 0 heterocycles. The van der Waals surface area contributed by atoms with Gasteiger partial charge in [-0.05, 0) is 42.5 Å². The van der Waals surface area contributed by atoms with Gasteiger partial charge in [0.05, 0.1) is 11.4 Å². The second kappa shape index (κ2) is 10.8. The van der Waals surface area contributed by atoms with E-state index in [2.05, 4.69) is 0 Å².